The number of benzene rings is 2. The molecule has 0 saturated carbocycles. The van der Waals surface area contributed by atoms with Crippen molar-refractivity contribution in [3.63, 3.8) is 0 Å². The summed E-state index contributed by atoms with van der Waals surface area (Å²) in [6.45, 7) is 3.53. The smallest absolute Gasteiger partial charge is 0.312 e. The Morgan fingerprint density at radius 1 is 1.10 bits per heavy atom. The number of ether oxygens (including phenoxy) is 1. The molecule has 0 aliphatic carbocycles. The summed E-state index contributed by atoms with van der Waals surface area (Å²) in [4.78, 5) is 30.9. The van der Waals surface area contributed by atoms with Gasteiger partial charge in [-0.2, -0.15) is 0 Å². The lowest BCUT2D eigenvalue weighted by Gasteiger charge is -2.26. The molecule has 0 atom stereocenters. The lowest BCUT2D eigenvalue weighted by molar-refractivity contribution is -0.147. The largest absolute Gasteiger partial charge is 0.455 e. The van der Waals surface area contributed by atoms with Crippen LogP contribution in [0.1, 0.15) is 19.5 Å². The highest BCUT2D eigenvalue weighted by Gasteiger charge is 2.20. The number of halogens is 1. The molecule has 0 radical (unpaired) electrons. The Bertz CT molecular complexity index is 971. The fourth-order valence-electron chi connectivity index (χ4n) is 2.84. The van der Waals surface area contributed by atoms with E-state index in [0.29, 0.717) is 10.7 Å². The van der Waals surface area contributed by atoms with Crippen LogP contribution in [0.4, 0.5) is 5.69 Å². The van der Waals surface area contributed by atoms with Crippen molar-refractivity contribution in [1.29, 1.82) is 0 Å². The zero-order valence-corrected chi connectivity index (χ0v) is 17.7. The van der Waals surface area contributed by atoms with Gasteiger partial charge in [-0.05, 0) is 38.1 Å². The predicted molar refractivity (Wildman–Crippen MR) is 116 cm³/mol. The van der Waals surface area contributed by atoms with E-state index in [0.717, 1.165) is 16.3 Å². The number of hydrogen-bond donors (Lipinski definition) is 0. The molecule has 0 aliphatic heterocycles. The van der Waals surface area contributed by atoms with Gasteiger partial charge in [-0.1, -0.05) is 41.9 Å². The molecular formula is C22H21ClN2O3S. The van der Waals surface area contributed by atoms with Gasteiger partial charge in [0.2, 0.25) is 0 Å². The SMILES string of the molecule is CC(C)N(C(=O)COC(=O)Cc1csc(-c2ccc(Cl)cc2)n1)c1ccccc1. The molecule has 0 unspecified atom stereocenters. The average molecular weight is 429 g/mol. The predicted octanol–water partition coefficient (Wildman–Crippen LogP) is 4.99. The van der Waals surface area contributed by atoms with Gasteiger partial charge in [-0.15, -0.1) is 11.3 Å². The highest BCUT2D eigenvalue weighted by atomic mass is 35.5. The molecule has 1 aromatic heterocycles. The third-order valence-corrected chi connectivity index (χ3v) is 5.34. The normalized spacial score (nSPS) is 10.8. The summed E-state index contributed by atoms with van der Waals surface area (Å²) < 4.78 is 5.21. The van der Waals surface area contributed by atoms with Crippen molar-refractivity contribution in [2.45, 2.75) is 26.3 Å². The van der Waals surface area contributed by atoms with E-state index in [1.165, 1.54) is 11.3 Å². The minimum atomic E-state index is -0.483. The fourth-order valence-corrected chi connectivity index (χ4v) is 3.79. The van der Waals surface area contributed by atoms with Crippen LogP contribution in [0.3, 0.4) is 0 Å². The third-order valence-electron chi connectivity index (χ3n) is 4.14. The van der Waals surface area contributed by atoms with Crippen LogP contribution >= 0.6 is 22.9 Å². The second-order valence-electron chi connectivity index (χ2n) is 6.68. The highest BCUT2D eigenvalue weighted by molar-refractivity contribution is 7.13. The molecule has 0 N–H and O–H groups in total. The van der Waals surface area contributed by atoms with Gasteiger partial charge in [0.15, 0.2) is 6.61 Å². The van der Waals surface area contributed by atoms with Gasteiger partial charge in [0.1, 0.15) is 5.01 Å². The van der Waals surface area contributed by atoms with Crippen LogP contribution in [0.15, 0.2) is 60.0 Å². The van der Waals surface area contributed by atoms with Crippen molar-refractivity contribution in [2.75, 3.05) is 11.5 Å². The molecule has 0 saturated heterocycles. The van der Waals surface area contributed by atoms with E-state index >= 15 is 0 Å². The zero-order chi connectivity index (χ0) is 20.8. The second-order valence-corrected chi connectivity index (χ2v) is 7.98. The summed E-state index contributed by atoms with van der Waals surface area (Å²) in [5.74, 6) is -0.747. The minimum Gasteiger partial charge on any atom is -0.455 e. The Balaban J connectivity index is 1.57. The molecule has 3 aromatic rings. The van der Waals surface area contributed by atoms with E-state index in [1.807, 2.05) is 61.7 Å². The van der Waals surface area contributed by atoms with E-state index in [1.54, 1.807) is 17.0 Å². The number of anilines is 1. The van der Waals surface area contributed by atoms with Crippen LogP contribution in [0.2, 0.25) is 5.02 Å². The van der Waals surface area contributed by atoms with Gasteiger partial charge in [0, 0.05) is 27.7 Å². The van der Waals surface area contributed by atoms with Crippen molar-refractivity contribution >= 4 is 40.5 Å². The summed E-state index contributed by atoms with van der Waals surface area (Å²) in [6, 6.07) is 16.6. The molecule has 2 aromatic carbocycles. The number of esters is 1. The van der Waals surface area contributed by atoms with Crippen molar-refractivity contribution in [2.24, 2.45) is 0 Å². The maximum atomic E-state index is 12.6. The van der Waals surface area contributed by atoms with Crippen molar-refractivity contribution in [1.82, 2.24) is 4.98 Å². The number of amides is 1. The summed E-state index contributed by atoms with van der Waals surface area (Å²) in [5.41, 5.74) is 2.32. The van der Waals surface area contributed by atoms with Crippen LogP contribution in [-0.2, 0) is 20.7 Å². The number of carbonyl (C=O) groups is 2. The Kier molecular flexibility index (Phi) is 7.01. The number of nitrogens with zero attached hydrogens (tertiary/aromatic N) is 2. The molecule has 0 aliphatic rings. The molecule has 1 amide bonds. The first kappa shape index (κ1) is 21.0. The molecule has 5 nitrogen and oxygen atoms in total. The van der Waals surface area contributed by atoms with E-state index in [-0.39, 0.29) is 25.0 Å². The molecule has 3 rings (SSSR count). The van der Waals surface area contributed by atoms with Crippen LogP contribution < -0.4 is 4.90 Å². The Hall–Kier alpha value is -2.70. The lowest BCUT2D eigenvalue weighted by atomic mass is 10.2. The summed E-state index contributed by atoms with van der Waals surface area (Å²) in [5, 5.41) is 3.28. The van der Waals surface area contributed by atoms with Gasteiger partial charge in [-0.3, -0.25) is 9.59 Å². The van der Waals surface area contributed by atoms with Crippen LogP contribution in [0.25, 0.3) is 10.6 Å². The van der Waals surface area contributed by atoms with Gasteiger partial charge in [-0.25, -0.2) is 4.98 Å². The van der Waals surface area contributed by atoms with Crippen molar-refractivity contribution in [3.05, 3.63) is 70.7 Å². The molecule has 0 bridgehead atoms. The van der Waals surface area contributed by atoms with E-state index in [2.05, 4.69) is 4.98 Å². The highest BCUT2D eigenvalue weighted by Crippen LogP contribution is 2.25. The number of thiazole rings is 1. The molecule has 1 heterocycles. The topological polar surface area (TPSA) is 59.5 Å². The monoisotopic (exact) mass is 428 g/mol. The fraction of sp³-hybridized carbons (Fsp3) is 0.227. The number of aromatic nitrogens is 1. The summed E-state index contributed by atoms with van der Waals surface area (Å²) in [6.07, 6.45) is 0.0182. The van der Waals surface area contributed by atoms with Gasteiger partial charge < -0.3 is 9.64 Å². The van der Waals surface area contributed by atoms with E-state index in [4.69, 9.17) is 16.3 Å². The van der Waals surface area contributed by atoms with Gasteiger partial charge in [0.05, 0.1) is 12.1 Å². The quantitative estimate of drug-likeness (QED) is 0.497. The van der Waals surface area contributed by atoms with Crippen molar-refractivity contribution in [3.8, 4) is 10.6 Å². The first-order chi connectivity index (χ1) is 13.9. The molecule has 0 fully saturated rings. The van der Waals surface area contributed by atoms with Crippen LogP contribution in [-0.4, -0.2) is 29.5 Å². The maximum Gasteiger partial charge on any atom is 0.312 e. The van der Waals surface area contributed by atoms with Gasteiger partial charge in [0.25, 0.3) is 5.91 Å². The number of para-hydroxylation sites is 1. The molecule has 150 valence electrons. The van der Waals surface area contributed by atoms with Gasteiger partial charge >= 0.3 is 5.97 Å². The standard InChI is InChI=1S/C22H21ClN2O3S/c1-15(2)25(19-6-4-3-5-7-19)20(26)13-28-21(27)12-18-14-29-22(24-18)16-8-10-17(23)11-9-16/h3-11,14-15H,12-13H2,1-2H3. The van der Waals surface area contributed by atoms with Crippen LogP contribution in [0.5, 0.6) is 0 Å². The van der Waals surface area contributed by atoms with Crippen molar-refractivity contribution < 1.29 is 14.3 Å². The zero-order valence-electron chi connectivity index (χ0n) is 16.2. The molecular weight excluding hydrogens is 408 g/mol. The lowest BCUT2D eigenvalue weighted by Crippen LogP contribution is -2.40. The Morgan fingerprint density at radius 3 is 2.45 bits per heavy atom. The molecule has 0 spiro atoms. The number of carbonyl (C=O) groups excluding carboxylic acids is 2. The third kappa shape index (κ3) is 5.65. The van der Waals surface area contributed by atoms with E-state index in [9.17, 15) is 9.59 Å². The molecule has 29 heavy (non-hydrogen) atoms. The molecule has 7 heteroatoms. The minimum absolute atomic E-state index is 0.0182. The average Bonchev–Trinajstić information content (AvgIpc) is 3.16. The first-order valence-corrected chi connectivity index (χ1v) is 10.4. The van der Waals surface area contributed by atoms with E-state index < -0.39 is 5.97 Å². The van der Waals surface area contributed by atoms with Crippen LogP contribution in [0, 0.1) is 0 Å². The number of rotatable bonds is 7. The first-order valence-electron chi connectivity index (χ1n) is 9.17. The summed E-state index contributed by atoms with van der Waals surface area (Å²) in [7, 11) is 0. The maximum absolute atomic E-state index is 12.6. The Labute approximate surface area is 178 Å². The Morgan fingerprint density at radius 2 is 1.79 bits per heavy atom. The number of hydrogen-bond acceptors (Lipinski definition) is 5. The second kappa shape index (κ2) is 9.67. The summed E-state index contributed by atoms with van der Waals surface area (Å²) >= 11 is 7.35.